The van der Waals surface area contributed by atoms with Crippen LogP contribution < -0.4 is 27.4 Å². The van der Waals surface area contributed by atoms with Crippen LogP contribution in [0.1, 0.15) is 44.2 Å². The summed E-state index contributed by atoms with van der Waals surface area (Å²) in [4.78, 5) is 70.1. The number of carboxylic acid groups (broad SMARTS) is 1. The van der Waals surface area contributed by atoms with E-state index < -0.39 is 53.8 Å². The fourth-order valence-corrected chi connectivity index (χ4v) is 5.43. The maximum absolute atomic E-state index is 13.5. The lowest BCUT2D eigenvalue weighted by molar-refractivity contribution is -0.142. The molecule has 0 radical (unpaired) electrons. The molecule has 13 heteroatoms. The standard InChI is InChI=1S/C33H41N7O6/c1-18(2)13-27(32(44)40-28(33(45)46)15-20-17-37-25-10-6-4-8-22(20)25)39-31(43)26(11-12-29(35)41)38-30(42)23(34)14-19-16-36-24-9-5-3-7-21(19)24/h3-10,16-18,23,26-28,36-37H,11-15,34H2,1-2H3,(H2,35,41)(H,38,42)(H,39,43)(H,40,44)(H,45,46). The van der Waals surface area contributed by atoms with Crippen molar-refractivity contribution in [3.8, 4) is 0 Å². The van der Waals surface area contributed by atoms with Gasteiger partial charge in [0.25, 0.3) is 0 Å². The molecule has 46 heavy (non-hydrogen) atoms. The van der Waals surface area contributed by atoms with E-state index >= 15 is 0 Å². The molecular weight excluding hydrogens is 590 g/mol. The average molecular weight is 632 g/mol. The van der Waals surface area contributed by atoms with E-state index in [1.807, 2.05) is 62.4 Å². The lowest BCUT2D eigenvalue weighted by Crippen LogP contribution is -2.57. The van der Waals surface area contributed by atoms with E-state index in [4.69, 9.17) is 11.5 Å². The molecule has 244 valence electrons. The van der Waals surface area contributed by atoms with Crippen molar-refractivity contribution >= 4 is 51.4 Å². The lowest BCUT2D eigenvalue weighted by Gasteiger charge is -2.26. The van der Waals surface area contributed by atoms with E-state index in [-0.39, 0.29) is 38.0 Å². The average Bonchev–Trinajstić information content (AvgIpc) is 3.62. The molecule has 4 unspecified atom stereocenters. The van der Waals surface area contributed by atoms with Gasteiger partial charge in [-0.05, 0) is 48.4 Å². The molecule has 0 bridgehead atoms. The van der Waals surface area contributed by atoms with Crippen molar-refractivity contribution in [1.29, 1.82) is 0 Å². The van der Waals surface area contributed by atoms with Crippen molar-refractivity contribution in [1.82, 2.24) is 25.9 Å². The summed E-state index contributed by atoms with van der Waals surface area (Å²) >= 11 is 0. The first kappa shape index (κ1) is 33.7. The van der Waals surface area contributed by atoms with Gasteiger partial charge in [-0.2, -0.15) is 0 Å². The summed E-state index contributed by atoms with van der Waals surface area (Å²) in [6.45, 7) is 3.70. The van der Waals surface area contributed by atoms with Crippen LogP contribution in [0, 0.1) is 5.92 Å². The van der Waals surface area contributed by atoms with Gasteiger partial charge in [-0.25, -0.2) is 4.79 Å². The Labute approximate surface area is 265 Å². The van der Waals surface area contributed by atoms with Crippen LogP contribution in [0.4, 0.5) is 0 Å². The normalized spacial score (nSPS) is 14.0. The number of carbonyl (C=O) groups excluding carboxylic acids is 4. The van der Waals surface area contributed by atoms with Crippen LogP contribution in [0.2, 0.25) is 0 Å². The summed E-state index contributed by atoms with van der Waals surface area (Å²) in [5, 5.41) is 19.5. The summed E-state index contributed by atoms with van der Waals surface area (Å²) in [5.41, 5.74) is 14.8. The molecular formula is C33H41N7O6. The van der Waals surface area contributed by atoms with Gasteiger partial charge in [0.05, 0.1) is 6.04 Å². The molecule has 2 heterocycles. The van der Waals surface area contributed by atoms with Crippen molar-refractivity contribution in [2.75, 3.05) is 0 Å². The second-order valence-electron chi connectivity index (χ2n) is 11.9. The van der Waals surface area contributed by atoms with Crippen LogP contribution in [-0.2, 0) is 36.8 Å². The Morgan fingerprint density at radius 1 is 0.739 bits per heavy atom. The number of amides is 4. The summed E-state index contributed by atoms with van der Waals surface area (Å²) < 4.78 is 0. The van der Waals surface area contributed by atoms with Crippen molar-refractivity contribution in [3.05, 3.63) is 72.1 Å². The van der Waals surface area contributed by atoms with Gasteiger partial charge in [-0.1, -0.05) is 50.2 Å². The number of aliphatic carboxylic acids is 1. The minimum atomic E-state index is -1.27. The Morgan fingerprint density at radius 2 is 1.24 bits per heavy atom. The number of hydrogen-bond donors (Lipinski definition) is 8. The monoisotopic (exact) mass is 631 g/mol. The molecule has 13 nitrogen and oxygen atoms in total. The van der Waals surface area contributed by atoms with Crippen molar-refractivity contribution in [2.24, 2.45) is 17.4 Å². The molecule has 4 rings (SSSR count). The second kappa shape index (κ2) is 15.2. The number of carbonyl (C=O) groups is 5. The third-order valence-corrected chi connectivity index (χ3v) is 7.82. The first-order valence-electron chi connectivity index (χ1n) is 15.2. The summed E-state index contributed by atoms with van der Waals surface area (Å²) in [5.74, 6) is -4.00. The molecule has 0 saturated heterocycles. The Bertz CT molecular complexity index is 1710. The zero-order chi connectivity index (χ0) is 33.4. The van der Waals surface area contributed by atoms with Crippen molar-refractivity contribution in [2.45, 2.75) is 70.1 Å². The van der Waals surface area contributed by atoms with E-state index in [0.29, 0.717) is 5.56 Å². The number of nitrogens with one attached hydrogen (secondary N) is 5. The first-order chi connectivity index (χ1) is 21.9. The van der Waals surface area contributed by atoms with Crippen molar-refractivity contribution in [3.63, 3.8) is 0 Å². The number of nitrogens with two attached hydrogens (primary N) is 2. The molecule has 4 amide bonds. The van der Waals surface area contributed by atoms with Gasteiger partial charge in [0, 0.05) is 47.0 Å². The summed E-state index contributed by atoms with van der Waals surface area (Å²) in [6, 6.07) is 10.4. The highest BCUT2D eigenvalue weighted by atomic mass is 16.4. The quantitative estimate of drug-likeness (QED) is 0.0911. The molecule has 0 aliphatic heterocycles. The minimum absolute atomic E-state index is 0.0129. The van der Waals surface area contributed by atoms with Gasteiger partial charge in [-0.15, -0.1) is 0 Å². The Kier molecular flexibility index (Phi) is 11.2. The van der Waals surface area contributed by atoms with E-state index in [9.17, 15) is 29.1 Å². The van der Waals surface area contributed by atoms with Crippen molar-refractivity contribution < 1.29 is 29.1 Å². The summed E-state index contributed by atoms with van der Waals surface area (Å²) in [6.07, 6.45) is 3.53. The second-order valence-corrected chi connectivity index (χ2v) is 11.9. The molecule has 0 aliphatic carbocycles. The van der Waals surface area contributed by atoms with Crippen LogP contribution >= 0.6 is 0 Å². The van der Waals surface area contributed by atoms with E-state index in [1.54, 1.807) is 12.4 Å². The van der Waals surface area contributed by atoms with Gasteiger partial charge >= 0.3 is 5.97 Å². The molecule has 0 aliphatic rings. The van der Waals surface area contributed by atoms with Gasteiger partial charge < -0.3 is 42.5 Å². The van der Waals surface area contributed by atoms with Gasteiger partial charge in [0.2, 0.25) is 23.6 Å². The predicted octanol–water partition coefficient (Wildman–Crippen LogP) is 1.61. The van der Waals surface area contributed by atoms with E-state index in [1.165, 1.54) is 0 Å². The largest absolute Gasteiger partial charge is 0.480 e. The number of H-pyrrole nitrogens is 2. The maximum Gasteiger partial charge on any atom is 0.326 e. The van der Waals surface area contributed by atoms with Crippen LogP contribution in [0.3, 0.4) is 0 Å². The smallest absolute Gasteiger partial charge is 0.326 e. The van der Waals surface area contributed by atoms with E-state index in [0.717, 1.165) is 27.4 Å². The molecule has 0 fully saturated rings. The number of benzene rings is 2. The topological polar surface area (TPSA) is 225 Å². The molecule has 10 N–H and O–H groups in total. The number of para-hydroxylation sites is 2. The maximum atomic E-state index is 13.5. The van der Waals surface area contributed by atoms with Gasteiger partial charge in [0.1, 0.15) is 18.1 Å². The highest BCUT2D eigenvalue weighted by Crippen LogP contribution is 2.20. The Balaban J connectivity index is 1.45. The number of fused-ring (bicyclic) bond motifs is 2. The molecule has 2 aromatic carbocycles. The van der Waals surface area contributed by atoms with Gasteiger partial charge in [-0.3, -0.25) is 19.2 Å². The van der Waals surface area contributed by atoms with Crippen LogP contribution in [0.25, 0.3) is 21.8 Å². The Hall–Kier alpha value is -5.17. The number of hydrogen-bond acceptors (Lipinski definition) is 6. The SMILES string of the molecule is CC(C)CC(NC(=O)C(CCC(N)=O)NC(=O)C(N)Cc1c[nH]c2ccccc12)C(=O)NC(Cc1c[nH]c2ccccc12)C(=O)O. The minimum Gasteiger partial charge on any atom is -0.480 e. The molecule has 0 saturated carbocycles. The fraction of sp³-hybridized carbons (Fsp3) is 0.364. The zero-order valence-corrected chi connectivity index (χ0v) is 25.8. The third-order valence-electron chi connectivity index (χ3n) is 7.82. The number of aromatic nitrogens is 2. The number of primary amides is 1. The lowest BCUT2D eigenvalue weighted by atomic mass is 10.00. The molecule has 2 aromatic heterocycles. The Morgan fingerprint density at radius 3 is 1.78 bits per heavy atom. The zero-order valence-electron chi connectivity index (χ0n) is 25.8. The number of rotatable bonds is 16. The van der Waals surface area contributed by atoms with Crippen LogP contribution in [-0.4, -0.2) is 68.8 Å². The fourth-order valence-electron chi connectivity index (χ4n) is 5.43. The van der Waals surface area contributed by atoms with Gasteiger partial charge in [0.15, 0.2) is 0 Å². The highest BCUT2D eigenvalue weighted by Gasteiger charge is 2.31. The first-order valence-corrected chi connectivity index (χ1v) is 15.2. The highest BCUT2D eigenvalue weighted by molar-refractivity contribution is 5.95. The summed E-state index contributed by atoms with van der Waals surface area (Å²) in [7, 11) is 0. The number of aromatic amines is 2. The van der Waals surface area contributed by atoms with E-state index in [2.05, 4.69) is 25.9 Å². The number of carboxylic acids is 1. The molecule has 0 spiro atoms. The van der Waals surface area contributed by atoms with Crippen LogP contribution in [0.15, 0.2) is 60.9 Å². The molecule has 4 aromatic rings. The molecule has 4 atom stereocenters. The third kappa shape index (κ3) is 8.72. The van der Waals surface area contributed by atoms with Crippen LogP contribution in [0.5, 0.6) is 0 Å². The predicted molar refractivity (Wildman–Crippen MR) is 173 cm³/mol.